The van der Waals surface area contributed by atoms with Crippen LogP contribution < -0.4 is 11.1 Å². The summed E-state index contributed by atoms with van der Waals surface area (Å²) >= 11 is 0. The maximum absolute atomic E-state index is 10.9. The summed E-state index contributed by atoms with van der Waals surface area (Å²) in [6.07, 6.45) is 5.63. The van der Waals surface area contributed by atoms with Crippen LogP contribution in [-0.2, 0) is 0 Å². The van der Waals surface area contributed by atoms with Crippen LogP contribution in [0, 0.1) is 10.1 Å². The first-order valence-electron chi connectivity index (χ1n) is 5.84. The molecule has 1 aliphatic carbocycles. The van der Waals surface area contributed by atoms with Crippen LogP contribution in [0.3, 0.4) is 0 Å². The fourth-order valence-corrected chi connectivity index (χ4v) is 2.16. The third-order valence-corrected chi connectivity index (χ3v) is 3.04. The zero-order chi connectivity index (χ0) is 12.3. The number of nitrogens with two attached hydrogens (primary N) is 1. The second kappa shape index (κ2) is 4.99. The number of nitrogen functional groups attached to an aromatic ring is 1. The summed E-state index contributed by atoms with van der Waals surface area (Å²) in [5, 5.41) is 14.0. The highest BCUT2D eigenvalue weighted by molar-refractivity contribution is 5.59. The Morgan fingerprint density at radius 1 is 1.35 bits per heavy atom. The molecule has 1 aromatic heterocycles. The summed E-state index contributed by atoms with van der Waals surface area (Å²) in [5.74, 6) is 0.593. The van der Waals surface area contributed by atoms with E-state index in [-0.39, 0.29) is 11.7 Å². The molecule has 0 spiro atoms. The number of nitrogens with one attached hydrogen (secondary N) is 1. The smallest absolute Gasteiger partial charge is 0.311 e. The van der Waals surface area contributed by atoms with Crippen molar-refractivity contribution in [1.82, 2.24) is 4.98 Å². The minimum Gasteiger partial charge on any atom is -0.384 e. The first-order chi connectivity index (χ1) is 8.16. The Hall–Kier alpha value is -1.85. The van der Waals surface area contributed by atoms with Gasteiger partial charge in [0.25, 0.3) is 0 Å². The van der Waals surface area contributed by atoms with Gasteiger partial charge in [0, 0.05) is 12.1 Å². The van der Waals surface area contributed by atoms with E-state index in [1.54, 1.807) is 0 Å². The Labute approximate surface area is 99.4 Å². The molecule has 0 unspecified atom stereocenters. The lowest BCUT2D eigenvalue weighted by Crippen LogP contribution is -2.23. The van der Waals surface area contributed by atoms with Crippen molar-refractivity contribution in [3.63, 3.8) is 0 Å². The third-order valence-electron chi connectivity index (χ3n) is 3.04. The fraction of sp³-hybridized carbons (Fsp3) is 0.545. The van der Waals surface area contributed by atoms with Crippen molar-refractivity contribution in [2.75, 3.05) is 11.1 Å². The summed E-state index contributed by atoms with van der Waals surface area (Å²) in [7, 11) is 0. The van der Waals surface area contributed by atoms with Crippen LogP contribution in [-0.4, -0.2) is 15.9 Å². The van der Waals surface area contributed by atoms with Gasteiger partial charge in [-0.2, -0.15) is 0 Å². The van der Waals surface area contributed by atoms with Gasteiger partial charge in [0.2, 0.25) is 5.82 Å². The standard InChI is InChI=1S/C11H16N4O2/c12-10-7-6-9(15(16)17)11(14-10)13-8-4-2-1-3-5-8/h6-8H,1-5H2,(H3,12,13,14). The highest BCUT2D eigenvalue weighted by Crippen LogP contribution is 2.27. The lowest BCUT2D eigenvalue weighted by molar-refractivity contribution is -0.384. The van der Waals surface area contributed by atoms with E-state index in [2.05, 4.69) is 10.3 Å². The van der Waals surface area contributed by atoms with Gasteiger partial charge in [-0.1, -0.05) is 19.3 Å². The Bertz CT molecular complexity index is 416. The zero-order valence-corrected chi connectivity index (χ0v) is 9.56. The van der Waals surface area contributed by atoms with Gasteiger partial charge in [-0.25, -0.2) is 4.98 Å². The summed E-state index contributed by atoms with van der Waals surface area (Å²) in [5.41, 5.74) is 5.55. The number of rotatable bonds is 3. The molecule has 1 saturated carbocycles. The maximum Gasteiger partial charge on any atom is 0.311 e. The predicted molar refractivity (Wildman–Crippen MR) is 65.8 cm³/mol. The zero-order valence-electron chi connectivity index (χ0n) is 9.56. The van der Waals surface area contributed by atoms with Crippen LogP contribution >= 0.6 is 0 Å². The van der Waals surface area contributed by atoms with Gasteiger partial charge < -0.3 is 11.1 Å². The van der Waals surface area contributed by atoms with Crippen LogP contribution in [0.2, 0.25) is 0 Å². The van der Waals surface area contributed by atoms with Gasteiger partial charge in [-0.3, -0.25) is 10.1 Å². The van der Waals surface area contributed by atoms with Gasteiger partial charge >= 0.3 is 5.69 Å². The first kappa shape index (κ1) is 11.6. The molecule has 1 aliphatic rings. The SMILES string of the molecule is Nc1ccc([N+](=O)[O-])c(NC2CCCCC2)n1. The third kappa shape index (κ3) is 2.83. The van der Waals surface area contributed by atoms with E-state index in [1.807, 2.05) is 0 Å². The molecule has 0 aliphatic heterocycles. The van der Waals surface area contributed by atoms with Crippen molar-refractivity contribution in [3.05, 3.63) is 22.2 Å². The number of aromatic nitrogens is 1. The molecule has 0 atom stereocenters. The monoisotopic (exact) mass is 236 g/mol. The van der Waals surface area contributed by atoms with Gasteiger partial charge in [-0.05, 0) is 18.9 Å². The van der Waals surface area contributed by atoms with Crippen LogP contribution in [0.15, 0.2) is 12.1 Å². The number of anilines is 2. The van der Waals surface area contributed by atoms with E-state index in [9.17, 15) is 10.1 Å². The van der Waals surface area contributed by atoms with Crippen LogP contribution in [0.5, 0.6) is 0 Å². The molecule has 0 saturated heterocycles. The molecule has 1 aromatic rings. The van der Waals surface area contributed by atoms with E-state index < -0.39 is 4.92 Å². The van der Waals surface area contributed by atoms with E-state index in [4.69, 9.17) is 5.73 Å². The molecule has 0 radical (unpaired) electrons. The van der Waals surface area contributed by atoms with Crippen molar-refractivity contribution < 1.29 is 4.92 Å². The van der Waals surface area contributed by atoms with Crippen molar-refractivity contribution in [1.29, 1.82) is 0 Å². The molecule has 0 aromatic carbocycles. The molecule has 0 amide bonds. The second-order valence-corrected chi connectivity index (χ2v) is 4.34. The molecule has 1 fully saturated rings. The summed E-state index contributed by atoms with van der Waals surface area (Å²) in [6, 6.07) is 3.12. The Balaban J connectivity index is 2.17. The van der Waals surface area contributed by atoms with Crippen LogP contribution in [0.4, 0.5) is 17.3 Å². The Morgan fingerprint density at radius 2 is 2.06 bits per heavy atom. The largest absolute Gasteiger partial charge is 0.384 e. The molecule has 92 valence electrons. The van der Waals surface area contributed by atoms with Crippen LogP contribution in [0.25, 0.3) is 0 Å². The Morgan fingerprint density at radius 3 is 2.71 bits per heavy atom. The van der Waals surface area contributed by atoms with Gasteiger partial charge in [0.1, 0.15) is 5.82 Å². The minimum atomic E-state index is -0.433. The number of hydrogen-bond acceptors (Lipinski definition) is 5. The van der Waals surface area contributed by atoms with Crippen molar-refractivity contribution in [2.45, 2.75) is 38.1 Å². The molecule has 6 nitrogen and oxygen atoms in total. The average molecular weight is 236 g/mol. The molecule has 6 heteroatoms. The molecular formula is C11H16N4O2. The van der Waals surface area contributed by atoms with Crippen molar-refractivity contribution in [2.24, 2.45) is 0 Å². The number of hydrogen-bond donors (Lipinski definition) is 2. The lowest BCUT2D eigenvalue weighted by Gasteiger charge is -2.23. The van der Waals surface area contributed by atoms with Crippen molar-refractivity contribution in [3.8, 4) is 0 Å². The molecule has 17 heavy (non-hydrogen) atoms. The highest BCUT2D eigenvalue weighted by Gasteiger charge is 2.20. The van der Waals surface area contributed by atoms with Crippen molar-refractivity contribution >= 4 is 17.3 Å². The molecule has 3 N–H and O–H groups in total. The van der Waals surface area contributed by atoms with E-state index in [1.165, 1.54) is 18.6 Å². The molecular weight excluding hydrogens is 220 g/mol. The fourth-order valence-electron chi connectivity index (χ4n) is 2.16. The lowest BCUT2D eigenvalue weighted by atomic mass is 9.95. The number of nitrogens with zero attached hydrogens (tertiary/aromatic N) is 2. The van der Waals surface area contributed by atoms with Crippen LogP contribution in [0.1, 0.15) is 32.1 Å². The maximum atomic E-state index is 10.9. The summed E-state index contributed by atoms with van der Waals surface area (Å²) < 4.78 is 0. The molecule has 2 rings (SSSR count). The number of pyridine rings is 1. The topological polar surface area (TPSA) is 94.1 Å². The van der Waals surface area contributed by atoms with Gasteiger partial charge in [0.15, 0.2) is 0 Å². The van der Waals surface area contributed by atoms with E-state index >= 15 is 0 Å². The average Bonchev–Trinajstić information content (AvgIpc) is 2.30. The Kier molecular flexibility index (Phi) is 3.41. The summed E-state index contributed by atoms with van der Waals surface area (Å²) in [6.45, 7) is 0. The van der Waals surface area contributed by atoms with Gasteiger partial charge in [-0.15, -0.1) is 0 Å². The second-order valence-electron chi connectivity index (χ2n) is 4.34. The predicted octanol–water partition coefficient (Wildman–Crippen LogP) is 2.32. The first-order valence-corrected chi connectivity index (χ1v) is 5.84. The quantitative estimate of drug-likeness (QED) is 0.620. The van der Waals surface area contributed by atoms with Gasteiger partial charge in [0.05, 0.1) is 4.92 Å². The molecule has 0 bridgehead atoms. The molecule has 1 heterocycles. The minimum absolute atomic E-state index is 0.00947. The summed E-state index contributed by atoms with van der Waals surface area (Å²) in [4.78, 5) is 14.4. The normalized spacial score (nSPS) is 16.7. The number of nitro groups is 1. The van der Waals surface area contributed by atoms with E-state index in [0.29, 0.717) is 11.6 Å². The highest BCUT2D eigenvalue weighted by atomic mass is 16.6. The van der Waals surface area contributed by atoms with E-state index in [0.717, 1.165) is 25.7 Å².